The van der Waals surface area contributed by atoms with Crippen molar-refractivity contribution in [3.05, 3.63) is 0 Å². The molecule has 0 rings (SSSR count). The molecule has 1 amide bonds. The molecule has 0 saturated carbocycles. The summed E-state index contributed by atoms with van der Waals surface area (Å²) in [5.41, 5.74) is -0.307. The highest BCUT2D eigenvalue weighted by atomic mass is 16.5. The van der Waals surface area contributed by atoms with Gasteiger partial charge in [0, 0.05) is 12.0 Å². The molecule has 1 N–H and O–H groups in total. The average molecular weight is 313 g/mol. The lowest BCUT2D eigenvalue weighted by molar-refractivity contribution is -0.140. The van der Waals surface area contributed by atoms with Gasteiger partial charge in [-0.1, -0.05) is 65.7 Å². The highest BCUT2D eigenvalue weighted by Gasteiger charge is 2.31. The lowest BCUT2D eigenvalue weighted by Gasteiger charge is -2.28. The largest absolute Gasteiger partial charge is 0.469 e. The molecule has 0 aromatic carbocycles. The van der Waals surface area contributed by atoms with Crippen molar-refractivity contribution < 1.29 is 14.3 Å². The molecule has 0 saturated heterocycles. The minimum absolute atomic E-state index is 0.0870. The van der Waals surface area contributed by atoms with E-state index in [1.165, 1.54) is 32.8 Å². The second-order valence-electron chi connectivity index (χ2n) is 6.41. The molecule has 1 atom stereocenters. The van der Waals surface area contributed by atoms with Crippen LogP contribution in [0.4, 0.5) is 0 Å². The average Bonchev–Trinajstić information content (AvgIpc) is 2.51. The summed E-state index contributed by atoms with van der Waals surface area (Å²) >= 11 is 0. The van der Waals surface area contributed by atoms with Crippen LogP contribution in [0, 0.1) is 5.41 Å². The second-order valence-corrected chi connectivity index (χ2v) is 6.41. The predicted molar refractivity (Wildman–Crippen MR) is 90.7 cm³/mol. The summed E-state index contributed by atoms with van der Waals surface area (Å²) in [6, 6.07) is 0. The summed E-state index contributed by atoms with van der Waals surface area (Å²) in [5.74, 6) is -0.195. The van der Waals surface area contributed by atoms with Crippen LogP contribution in [0.1, 0.15) is 85.0 Å². The van der Waals surface area contributed by atoms with E-state index in [0.29, 0.717) is 6.54 Å². The van der Waals surface area contributed by atoms with Gasteiger partial charge >= 0.3 is 5.97 Å². The molecule has 0 aliphatic carbocycles. The van der Waals surface area contributed by atoms with Gasteiger partial charge in [-0.15, -0.1) is 0 Å². The first kappa shape index (κ1) is 20.9. The Bertz CT molecular complexity index is 317. The number of nitrogens with one attached hydrogen (secondary N) is 1. The number of hydrogen-bond acceptors (Lipinski definition) is 3. The lowest BCUT2D eigenvalue weighted by Crippen LogP contribution is -2.40. The van der Waals surface area contributed by atoms with Gasteiger partial charge in [-0.3, -0.25) is 9.59 Å². The van der Waals surface area contributed by atoms with Crippen LogP contribution < -0.4 is 5.32 Å². The van der Waals surface area contributed by atoms with Gasteiger partial charge in [0.1, 0.15) is 0 Å². The smallest absolute Gasteiger partial charge is 0.307 e. The third kappa shape index (κ3) is 9.06. The maximum Gasteiger partial charge on any atom is 0.307 e. The molecule has 22 heavy (non-hydrogen) atoms. The molecule has 0 spiro atoms. The fourth-order valence-electron chi connectivity index (χ4n) is 2.65. The van der Waals surface area contributed by atoms with E-state index in [-0.39, 0.29) is 23.7 Å². The molecule has 4 nitrogen and oxygen atoms in total. The number of carbonyl (C=O) groups excluding carboxylic acids is 2. The van der Waals surface area contributed by atoms with Crippen molar-refractivity contribution >= 4 is 11.9 Å². The van der Waals surface area contributed by atoms with Crippen LogP contribution >= 0.6 is 0 Å². The van der Waals surface area contributed by atoms with Gasteiger partial charge in [0.2, 0.25) is 5.91 Å². The number of amides is 1. The van der Waals surface area contributed by atoms with Crippen molar-refractivity contribution in [1.82, 2.24) is 5.32 Å². The number of carbonyl (C=O) groups is 2. The predicted octanol–water partition coefficient (Wildman–Crippen LogP) is 4.22. The number of unbranched alkanes of at least 4 members (excludes halogenated alkanes) is 5. The van der Waals surface area contributed by atoms with E-state index in [0.717, 1.165) is 32.1 Å². The van der Waals surface area contributed by atoms with Crippen molar-refractivity contribution in [2.75, 3.05) is 13.7 Å². The summed E-state index contributed by atoms with van der Waals surface area (Å²) in [6.07, 6.45) is 10.2. The van der Waals surface area contributed by atoms with Gasteiger partial charge in [0.25, 0.3) is 0 Å². The van der Waals surface area contributed by atoms with Crippen molar-refractivity contribution in [2.45, 2.75) is 85.0 Å². The molecule has 0 radical (unpaired) electrons. The van der Waals surface area contributed by atoms with Crippen LogP contribution in [0.25, 0.3) is 0 Å². The van der Waals surface area contributed by atoms with Crippen LogP contribution in [-0.2, 0) is 14.3 Å². The Hall–Kier alpha value is -1.06. The van der Waals surface area contributed by atoms with Crippen LogP contribution in [0.3, 0.4) is 0 Å². The zero-order chi connectivity index (χ0) is 16.8. The fraction of sp³-hybridized carbons (Fsp3) is 0.889. The summed E-state index contributed by atoms with van der Waals surface area (Å²) in [5, 5.41) is 2.92. The van der Waals surface area contributed by atoms with Crippen LogP contribution in [-0.4, -0.2) is 25.5 Å². The first-order valence-electron chi connectivity index (χ1n) is 8.85. The van der Waals surface area contributed by atoms with E-state index < -0.39 is 0 Å². The highest BCUT2D eigenvalue weighted by molar-refractivity contribution is 5.82. The molecule has 0 aliphatic rings. The van der Waals surface area contributed by atoms with E-state index in [2.05, 4.69) is 30.8 Å². The van der Waals surface area contributed by atoms with E-state index in [9.17, 15) is 9.59 Å². The Morgan fingerprint density at radius 3 is 2.05 bits per heavy atom. The number of rotatable bonds is 13. The third-order valence-electron chi connectivity index (χ3n) is 4.30. The number of hydrogen-bond donors (Lipinski definition) is 1. The van der Waals surface area contributed by atoms with Gasteiger partial charge in [0.15, 0.2) is 0 Å². The molecule has 0 aromatic heterocycles. The summed E-state index contributed by atoms with van der Waals surface area (Å²) in [7, 11) is 1.37. The molecule has 0 fully saturated rings. The minimum atomic E-state index is -0.307. The molecule has 1 unspecified atom stereocenters. The molecule has 4 heteroatoms. The Morgan fingerprint density at radius 1 is 0.955 bits per heavy atom. The Labute approximate surface area is 136 Å². The lowest BCUT2D eigenvalue weighted by atomic mass is 9.79. The zero-order valence-corrected chi connectivity index (χ0v) is 15.0. The second kappa shape index (κ2) is 12.5. The van der Waals surface area contributed by atoms with Crippen molar-refractivity contribution in [2.24, 2.45) is 5.41 Å². The summed E-state index contributed by atoms with van der Waals surface area (Å²) < 4.78 is 4.60. The van der Waals surface area contributed by atoms with Gasteiger partial charge in [0.05, 0.1) is 13.5 Å². The molecular weight excluding hydrogens is 278 g/mol. The van der Waals surface area contributed by atoms with E-state index in [1.807, 2.05) is 0 Å². The maximum atomic E-state index is 12.5. The summed E-state index contributed by atoms with van der Waals surface area (Å²) in [6.45, 7) is 6.81. The summed E-state index contributed by atoms with van der Waals surface area (Å²) in [4.78, 5) is 23.7. The van der Waals surface area contributed by atoms with Crippen molar-refractivity contribution in [3.8, 4) is 0 Å². The number of ether oxygens (including phenoxy) is 1. The fourth-order valence-corrected chi connectivity index (χ4v) is 2.65. The molecule has 0 aromatic rings. The monoisotopic (exact) mass is 313 g/mol. The SMILES string of the molecule is CCCCCCC(C)(CCCCC)C(=O)NCCC(=O)OC. The highest BCUT2D eigenvalue weighted by Crippen LogP contribution is 2.31. The first-order chi connectivity index (χ1) is 10.5. The van der Waals surface area contributed by atoms with E-state index >= 15 is 0 Å². The molecule has 130 valence electrons. The molecular formula is C18H35NO3. The van der Waals surface area contributed by atoms with Crippen LogP contribution in [0.15, 0.2) is 0 Å². The standard InChI is InChI=1S/C18H35NO3/c1-5-7-9-11-14-18(3,13-10-8-6-2)17(21)19-15-12-16(20)22-4/h5-15H2,1-4H3,(H,19,21). The molecule has 0 heterocycles. The van der Waals surface area contributed by atoms with Gasteiger partial charge < -0.3 is 10.1 Å². The number of esters is 1. The quantitative estimate of drug-likeness (QED) is 0.409. The van der Waals surface area contributed by atoms with E-state index in [4.69, 9.17) is 0 Å². The Balaban J connectivity index is 4.39. The topological polar surface area (TPSA) is 55.4 Å². The Kier molecular flexibility index (Phi) is 11.9. The first-order valence-corrected chi connectivity index (χ1v) is 8.85. The minimum Gasteiger partial charge on any atom is -0.469 e. The Morgan fingerprint density at radius 2 is 1.50 bits per heavy atom. The van der Waals surface area contributed by atoms with Gasteiger partial charge in [-0.2, -0.15) is 0 Å². The van der Waals surface area contributed by atoms with Crippen molar-refractivity contribution in [1.29, 1.82) is 0 Å². The normalized spacial score (nSPS) is 13.5. The third-order valence-corrected chi connectivity index (χ3v) is 4.30. The van der Waals surface area contributed by atoms with Crippen molar-refractivity contribution in [3.63, 3.8) is 0 Å². The number of methoxy groups -OCH3 is 1. The van der Waals surface area contributed by atoms with Gasteiger partial charge in [-0.25, -0.2) is 0 Å². The molecule has 0 bridgehead atoms. The maximum absolute atomic E-state index is 12.5. The van der Waals surface area contributed by atoms with Crippen LogP contribution in [0.5, 0.6) is 0 Å². The van der Waals surface area contributed by atoms with Gasteiger partial charge in [-0.05, 0) is 12.8 Å². The zero-order valence-electron chi connectivity index (χ0n) is 15.0. The van der Waals surface area contributed by atoms with Crippen LogP contribution in [0.2, 0.25) is 0 Å². The molecule has 0 aliphatic heterocycles. The van der Waals surface area contributed by atoms with E-state index in [1.54, 1.807) is 0 Å².